The van der Waals surface area contributed by atoms with Gasteiger partial charge in [0.2, 0.25) is 0 Å². The molecule has 0 radical (unpaired) electrons. The summed E-state index contributed by atoms with van der Waals surface area (Å²) >= 11 is 0. The molecular weight excluding hydrogens is 176 g/mol. The van der Waals surface area contributed by atoms with Crippen LogP contribution in [0.4, 0.5) is 5.69 Å². The number of carbonyl (C=O) groups excluding carboxylic acids is 1. The number of nitrogens with one attached hydrogen (secondary N) is 2. The van der Waals surface area contributed by atoms with Crippen LogP contribution in [0.2, 0.25) is 0 Å². The minimum Gasteiger partial charge on any atom is -0.362 e. The maximum absolute atomic E-state index is 11.7. The van der Waals surface area contributed by atoms with Gasteiger partial charge in [-0.3, -0.25) is 4.79 Å². The zero-order valence-corrected chi connectivity index (χ0v) is 8.42. The van der Waals surface area contributed by atoms with Crippen LogP contribution in [0.3, 0.4) is 0 Å². The molecule has 3 nitrogen and oxygen atoms in total. The van der Waals surface area contributed by atoms with Crippen molar-refractivity contribution in [1.29, 1.82) is 0 Å². The average Bonchev–Trinajstić information content (AvgIpc) is 2.18. The van der Waals surface area contributed by atoms with Crippen LogP contribution in [0.1, 0.15) is 30.6 Å². The minimum atomic E-state index is -0.314. The summed E-state index contributed by atoms with van der Waals surface area (Å²) in [6, 6.07) is 7.56. The first-order valence-corrected chi connectivity index (χ1v) is 4.84. The Bertz CT molecular complexity index is 375. The average molecular weight is 190 g/mol. The summed E-state index contributed by atoms with van der Waals surface area (Å²) in [6.07, 6.45) is 0.854. The zero-order valence-electron chi connectivity index (χ0n) is 8.42. The summed E-state index contributed by atoms with van der Waals surface area (Å²) in [4.78, 5) is 11.7. The maximum Gasteiger partial charge on any atom is 0.255 e. The minimum absolute atomic E-state index is 0.00343. The van der Waals surface area contributed by atoms with E-state index in [0.717, 1.165) is 17.7 Å². The molecule has 1 heterocycles. The summed E-state index contributed by atoms with van der Waals surface area (Å²) in [6.45, 7) is 4.03. The van der Waals surface area contributed by atoms with E-state index in [0.29, 0.717) is 0 Å². The highest BCUT2D eigenvalue weighted by Gasteiger charge is 2.30. The molecule has 0 saturated heterocycles. The second-order valence-corrected chi connectivity index (χ2v) is 3.81. The molecule has 0 bridgehead atoms. The molecule has 14 heavy (non-hydrogen) atoms. The Morgan fingerprint density at radius 2 is 2.00 bits per heavy atom. The third-order valence-corrected chi connectivity index (χ3v) is 2.68. The van der Waals surface area contributed by atoms with Crippen LogP contribution in [-0.4, -0.2) is 11.6 Å². The Morgan fingerprint density at radius 1 is 1.29 bits per heavy atom. The molecule has 1 aromatic rings. The Labute approximate surface area is 83.5 Å². The standard InChI is InChI=1S/C11H14N2O/c1-3-11(2)12-9-7-5-4-6-8(9)10(14)13-11/h4-7,12H,3H2,1-2H3,(H,13,14)/t11-/m1/s1. The van der Waals surface area contributed by atoms with Crippen molar-refractivity contribution in [3.8, 4) is 0 Å². The third kappa shape index (κ3) is 1.35. The number of amides is 1. The van der Waals surface area contributed by atoms with Crippen molar-refractivity contribution in [3.63, 3.8) is 0 Å². The lowest BCUT2D eigenvalue weighted by Crippen LogP contribution is -2.54. The molecule has 0 saturated carbocycles. The molecule has 1 aromatic carbocycles. The molecule has 0 aromatic heterocycles. The van der Waals surface area contributed by atoms with E-state index in [9.17, 15) is 4.79 Å². The highest BCUT2D eigenvalue weighted by Crippen LogP contribution is 2.25. The number of benzene rings is 1. The van der Waals surface area contributed by atoms with Crippen LogP contribution in [0, 0.1) is 0 Å². The van der Waals surface area contributed by atoms with Crippen molar-refractivity contribution in [3.05, 3.63) is 29.8 Å². The first-order valence-electron chi connectivity index (χ1n) is 4.84. The van der Waals surface area contributed by atoms with Gasteiger partial charge in [-0.25, -0.2) is 0 Å². The van der Waals surface area contributed by atoms with Crippen LogP contribution in [0.15, 0.2) is 24.3 Å². The SMILES string of the molecule is CC[C@@]1(C)NC(=O)c2ccccc2N1. The van der Waals surface area contributed by atoms with Gasteiger partial charge in [0.25, 0.3) is 5.91 Å². The molecule has 0 spiro atoms. The summed E-state index contributed by atoms with van der Waals surface area (Å²) < 4.78 is 0. The second-order valence-electron chi connectivity index (χ2n) is 3.81. The van der Waals surface area contributed by atoms with Crippen molar-refractivity contribution in [2.24, 2.45) is 0 Å². The highest BCUT2D eigenvalue weighted by molar-refractivity contribution is 6.02. The summed E-state index contributed by atoms with van der Waals surface area (Å²) in [5.74, 6) is 0.00343. The second kappa shape index (κ2) is 3.01. The lowest BCUT2D eigenvalue weighted by Gasteiger charge is -2.36. The van der Waals surface area contributed by atoms with E-state index >= 15 is 0 Å². The van der Waals surface area contributed by atoms with E-state index in [4.69, 9.17) is 0 Å². The smallest absolute Gasteiger partial charge is 0.255 e. The van der Waals surface area contributed by atoms with E-state index in [1.165, 1.54) is 0 Å². The van der Waals surface area contributed by atoms with Crippen molar-refractivity contribution in [1.82, 2.24) is 5.32 Å². The van der Waals surface area contributed by atoms with Crippen LogP contribution in [-0.2, 0) is 0 Å². The van der Waals surface area contributed by atoms with E-state index in [2.05, 4.69) is 10.6 Å². The van der Waals surface area contributed by atoms with E-state index in [1.807, 2.05) is 38.1 Å². The Kier molecular flexibility index (Phi) is 1.95. The number of fused-ring (bicyclic) bond motifs is 1. The number of hydrogen-bond acceptors (Lipinski definition) is 2. The normalized spacial score (nSPS) is 24.9. The predicted octanol–water partition coefficient (Wildman–Crippen LogP) is 1.97. The molecular formula is C11H14N2O. The Balaban J connectivity index is 2.43. The van der Waals surface area contributed by atoms with Gasteiger partial charge >= 0.3 is 0 Å². The third-order valence-electron chi connectivity index (χ3n) is 2.68. The van der Waals surface area contributed by atoms with Crippen molar-refractivity contribution in [2.75, 3.05) is 5.32 Å². The van der Waals surface area contributed by atoms with Crippen LogP contribution in [0.5, 0.6) is 0 Å². The molecule has 74 valence electrons. The largest absolute Gasteiger partial charge is 0.362 e. The van der Waals surface area contributed by atoms with Crippen molar-refractivity contribution in [2.45, 2.75) is 25.9 Å². The molecule has 0 aliphatic carbocycles. The molecule has 1 aliphatic heterocycles. The van der Waals surface area contributed by atoms with Crippen molar-refractivity contribution >= 4 is 11.6 Å². The molecule has 1 amide bonds. The fourth-order valence-corrected chi connectivity index (χ4v) is 1.61. The van der Waals surface area contributed by atoms with Gasteiger partial charge in [-0.1, -0.05) is 19.1 Å². The molecule has 1 aliphatic rings. The maximum atomic E-state index is 11.7. The van der Waals surface area contributed by atoms with Crippen LogP contribution < -0.4 is 10.6 Å². The predicted molar refractivity (Wildman–Crippen MR) is 56.2 cm³/mol. The molecule has 3 heteroatoms. The first kappa shape index (κ1) is 9.06. The Morgan fingerprint density at radius 3 is 2.71 bits per heavy atom. The van der Waals surface area contributed by atoms with Gasteiger partial charge in [-0.05, 0) is 25.5 Å². The number of para-hydroxylation sites is 1. The van der Waals surface area contributed by atoms with Crippen LogP contribution >= 0.6 is 0 Å². The Hall–Kier alpha value is -1.51. The first-order chi connectivity index (χ1) is 6.64. The summed E-state index contributed by atoms with van der Waals surface area (Å²) in [7, 11) is 0. The van der Waals surface area contributed by atoms with Gasteiger partial charge in [0.15, 0.2) is 0 Å². The van der Waals surface area contributed by atoms with Gasteiger partial charge in [0.05, 0.1) is 5.56 Å². The lowest BCUT2D eigenvalue weighted by molar-refractivity contribution is 0.0905. The van der Waals surface area contributed by atoms with E-state index in [1.54, 1.807) is 0 Å². The van der Waals surface area contributed by atoms with Gasteiger partial charge in [0.1, 0.15) is 5.66 Å². The molecule has 2 N–H and O–H groups in total. The topological polar surface area (TPSA) is 41.1 Å². The monoisotopic (exact) mass is 190 g/mol. The summed E-state index contributed by atoms with van der Waals surface area (Å²) in [5, 5.41) is 6.27. The van der Waals surface area contributed by atoms with Gasteiger partial charge in [-0.15, -0.1) is 0 Å². The lowest BCUT2D eigenvalue weighted by atomic mass is 10.0. The molecule has 2 rings (SSSR count). The van der Waals surface area contributed by atoms with Gasteiger partial charge < -0.3 is 10.6 Å². The number of rotatable bonds is 1. The molecule has 0 unspecified atom stereocenters. The molecule has 0 fully saturated rings. The van der Waals surface area contributed by atoms with Crippen molar-refractivity contribution < 1.29 is 4.79 Å². The fraction of sp³-hybridized carbons (Fsp3) is 0.364. The fourth-order valence-electron chi connectivity index (χ4n) is 1.61. The van der Waals surface area contributed by atoms with Crippen LogP contribution in [0.25, 0.3) is 0 Å². The van der Waals surface area contributed by atoms with Gasteiger partial charge in [0, 0.05) is 5.69 Å². The van der Waals surface area contributed by atoms with E-state index < -0.39 is 0 Å². The quantitative estimate of drug-likeness (QED) is 0.710. The number of carbonyl (C=O) groups is 1. The highest BCUT2D eigenvalue weighted by atomic mass is 16.2. The zero-order chi connectivity index (χ0) is 10.2. The van der Waals surface area contributed by atoms with Gasteiger partial charge in [-0.2, -0.15) is 0 Å². The summed E-state index contributed by atoms with van der Waals surface area (Å²) in [5.41, 5.74) is 1.32. The number of anilines is 1. The van der Waals surface area contributed by atoms with E-state index in [-0.39, 0.29) is 11.6 Å². The number of hydrogen-bond donors (Lipinski definition) is 2. The molecule has 1 atom stereocenters.